The van der Waals surface area contributed by atoms with Gasteiger partial charge in [-0.1, -0.05) is 18.6 Å². The smallest absolute Gasteiger partial charge is 0.298 e. The first-order chi connectivity index (χ1) is 17.6. The van der Waals surface area contributed by atoms with Crippen molar-refractivity contribution in [2.45, 2.75) is 45.1 Å². The minimum absolute atomic E-state index is 0.134. The number of piperidine rings is 1. The molecule has 0 aliphatic carbocycles. The Morgan fingerprint density at radius 2 is 2.03 bits per heavy atom. The molecule has 4 rings (SSSR count). The third-order valence-corrected chi connectivity index (χ3v) is 7.05. The second kappa shape index (κ2) is 12.7. The van der Waals surface area contributed by atoms with Crippen LogP contribution in [-0.2, 0) is 6.42 Å². The average molecular weight is 511 g/mol. The number of hydrogen-bond acceptors (Lipinski definition) is 8. The highest BCUT2D eigenvalue weighted by atomic mass is 32.1. The fourth-order valence-corrected chi connectivity index (χ4v) is 4.95. The summed E-state index contributed by atoms with van der Waals surface area (Å²) in [4.78, 5) is 19.8. The van der Waals surface area contributed by atoms with Crippen molar-refractivity contribution in [1.29, 1.82) is 0 Å². The van der Waals surface area contributed by atoms with E-state index in [1.807, 2.05) is 24.3 Å². The summed E-state index contributed by atoms with van der Waals surface area (Å²) in [6.45, 7) is 5.08. The normalized spacial score (nSPS) is 15.9. The van der Waals surface area contributed by atoms with Crippen LogP contribution in [0.4, 0.5) is 0 Å². The molecule has 1 N–H and O–H groups in total. The molecule has 9 heteroatoms. The number of nitrogens with zero attached hydrogens (tertiary/aromatic N) is 3. The molecule has 1 amide bonds. The maximum atomic E-state index is 12.8. The molecule has 36 heavy (non-hydrogen) atoms. The number of nitrogens with one attached hydrogen (secondary N) is 1. The largest absolute Gasteiger partial charge is 0.497 e. The predicted molar refractivity (Wildman–Crippen MR) is 141 cm³/mol. The summed E-state index contributed by atoms with van der Waals surface area (Å²) in [5.41, 5.74) is 1.56. The predicted octanol–water partition coefficient (Wildman–Crippen LogP) is 4.93. The van der Waals surface area contributed by atoms with Crippen molar-refractivity contribution < 1.29 is 19.0 Å². The quantitative estimate of drug-likeness (QED) is 0.366. The molecule has 0 bridgehead atoms. The molecule has 0 spiro atoms. The summed E-state index contributed by atoms with van der Waals surface area (Å²) in [5, 5.41) is 3.41. The molecule has 1 unspecified atom stereocenters. The van der Waals surface area contributed by atoms with Gasteiger partial charge in [-0.05, 0) is 68.6 Å². The van der Waals surface area contributed by atoms with Gasteiger partial charge in [0.1, 0.15) is 5.75 Å². The SMILES string of the molecule is COc1cccc(Cc2nsc(Oc3cc(C(=O)NCCCN4CCCCC4C)ccc3OC)n2)c1. The van der Waals surface area contributed by atoms with Gasteiger partial charge in [-0.15, -0.1) is 0 Å². The molecule has 2 aromatic carbocycles. The van der Waals surface area contributed by atoms with Crippen molar-refractivity contribution in [1.82, 2.24) is 19.6 Å². The molecule has 3 aromatic rings. The van der Waals surface area contributed by atoms with E-state index in [1.54, 1.807) is 32.4 Å². The lowest BCUT2D eigenvalue weighted by Gasteiger charge is -2.33. The molecule has 1 saturated heterocycles. The minimum atomic E-state index is -0.134. The van der Waals surface area contributed by atoms with Crippen LogP contribution in [0, 0.1) is 0 Å². The zero-order valence-corrected chi connectivity index (χ0v) is 22.0. The van der Waals surface area contributed by atoms with Crippen molar-refractivity contribution in [3.05, 3.63) is 59.4 Å². The van der Waals surface area contributed by atoms with Crippen LogP contribution in [-0.4, -0.2) is 60.1 Å². The molecule has 1 aliphatic rings. The van der Waals surface area contributed by atoms with Gasteiger partial charge in [0.25, 0.3) is 11.1 Å². The molecule has 1 aliphatic heterocycles. The highest BCUT2D eigenvalue weighted by Gasteiger charge is 2.18. The average Bonchev–Trinajstić information content (AvgIpc) is 3.34. The molecule has 1 fully saturated rings. The minimum Gasteiger partial charge on any atom is -0.497 e. The molecule has 192 valence electrons. The first-order valence-corrected chi connectivity index (χ1v) is 13.2. The number of methoxy groups -OCH3 is 2. The van der Waals surface area contributed by atoms with Crippen molar-refractivity contribution in [2.24, 2.45) is 0 Å². The lowest BCUT2D eigenvalue weighted by atomic mass is 10.0. The highest BCUT2D eigenvalue weighted by Crippen LogP contribution is 2.33. The second-order valence-electron chi connectivity index (χ2n) is 8.96. The summed E-state index contributed by atoms with van der Waals surface area (Å²) in [6, 6.07) is 13.6. The van der Waals surface area contributed by atoms with Gasteiger partial charge in [0.05, 0.1) is 14.2 Å². The van der Waals surface area contributed by atoms with E-state index in [1.165, 1.54) is 19.3 Å². The van der Waals surface area contributed by atoms with Gasteiger partial charge in [0.15, 0.2) is 17.3 Å². The first-order valence-electron chi connectivity index (χ1n) is 12.4. The highest BCUT2D eigenvalue weighted by molar-refractivity contribution is 7.07. The Hall–Kier alpha value is -3.17. The van der Waals surface area contributed by atoms with Gasteiger partial charge in [0.2, 0.25) is 0 Å². The summed E-state index contributed by atoms with van der Waals surface area (Å²) in [6.07, 6.45) is 5.33. The van der Waals surface area contributed by atoms with Crippen LogP contribution in [0.1, 0.15) is 54.4 Å². The zero-order chi connectivity index (χ0) is 25.3. The van der Waals surface area contributed by atoms with Crippen LogP contribution in [0.15, 0.2) is 42.5 Å². The standard InChI is InChI=1S/C27H34N4O4S/c1-19-8-4-5-14-31(19)15-7-13-28-26(32)21-11-12-23(34-3)24(18-21)35-27-29-25(30-36-27)17-20-9-6-10-22(16-20)33-2/h6,9-12,16,18-19H,4-5,7-8,13-15,17H2,1-3H3,(H,28,32). The van der Waals surface area contributed by atoms with Gasteiger partial charge in [0, 0.05) is 42.6 Å². The van der Waals surface area contributed by atoms with Crippen molar-refractivity contribution in [2.75, 3.05) is 33.9 Å². The number of carbonyl (C=O) groups excluding carboxylic acids is 1. The van der Waals surface area contributed by atoms with Crippen molar-refractivity contribution in [3.8, 4) is 22.4 Å². The van der Waals surface area contributed by atoms with Crippen LogP contribution in [0.25, 0.3) is 0 Å². The van der Waals surface area contributed by atoms with Crippen LogP contribution in [0.5, 0.6) is 22.4 Å². The van der Waals surface area contributed by atoms with Crippen LogP contribution >= 0.6 is 11.5 Å². The molecule has 2 heterocycles. The van der Waals surface area contributed by atoms with Gasteiger partial charge in [-0.3, -0.25) is 4.79 Å². The van der Waals surface area contributed by atoms with E-state index in [-0.39, 0.29) is 5.91 Å². The summed E-state index contributed by atoms with van der Waals surface area (Å²) < 4.78 is 21.1. The Morgan fingerprint density at radius 3 is 2.83 bits per heavy atom. The maximum Gasteiger partial charge on any atom is 0.298 e. The van der Waals surface area contributed by atoms with E-state index in [9.17, 15) is 4.79 Å². The monoisotopic (exact) mass is 510 g/mol. The van der Waals surface area contributed by atoms with E-state index >= 15 is 0 Å². The van der Waals surface area contributed by atoms with E-state index in [0.29, 0.717) is 47.1 Å². The lowest BCUT2D eigenvalue weighted by Crippen LogP contribution is -2.39. The molecular weight excluding hydrogens is 476 g/mol. The molecule has 8 nitrogen and oxygen atoms in total. The number of carbonyl (C=O) groups is 1. The van der Waals surface area contributed by atoms with E-state index in [0.717, 1.165) is 42.4 Å². The molecule has 1 atom stereocenters. The van der Waals surface area contributed by atoms with E-state index in [4.69, 9.17) is 14.2 Å². The molecule has 0 saturated carbocycles. The van der Waals surface area contributed by atoms with Crippen molar-refractivity contribution >= 4 is 17.4 Å². The fourth-order valence-electron chi connectivity index (χ4n) is 4.38. The van der Waals surface area contributed by atoms with E-state index in [2.05, 4.69) is 26.5 Å². The Balaban J connectivity index is 1.34. The number of ether oxygens (including phenoxy) is 3. The summed E-state index contributed by atoms with van der Waals surface area (Å²) >= 11 is 1.16. The van der Waals surface area contributed by atoms with Crippen LogP contribution in [0.2, 0.25) is 0 Å². The Morgan fingerprint density at radius 1 is 1.14 bits per heavy atom. The van der Waals surface area contributed by atoms with Crippen LogP contribution < -0.4 is 19.5 Å². The second-order valence-corrected chi connectivity index (χ2v) is 9.68. The maximum absolute atomic E-state index is 12.8. The molecule has 0 radical (unpaired) electrons. The van der Waals surface area contributed by atoms with Crippen molar-refractivity contribution in [3.63, 3.8) is 0 Å². The summed E-state index contributed by atoms with van der Waals surface area (Å²) in [5.74, 6) is 2.26. The lowest BCUT2D eigenvalue weighted by molar-refractivity contribution is 0.0948. The first kappa shape index (κ1) is 25.9. The zero-order valence-electron chi connectivity index (χ0n) is 21.2. The number of aromatic nitrogens is 2. The summed E-state index contributed by atoms with van der Waals surface area (Å²) in [7, 11) is 3.21. The Bertz CT molecular complexity index is 1150. The van der Waals surface area contributed by atoms with Gasteiger partial charge in [-0.2, -0.15) is 9.36 Å². The number of rotatable bonds is 11. The van der Waals surface area contributed by atoms with Crippen LogP contribution in [0.3, 0.4) is 0 Å². The number of amides is 1. The number of likely N-dealkylation sites (tertiary alicyclic amines) is 1. The van der Waals surface area contributed by atoms with Gasteiger partial charge >= 0.3 is 0 Å². The number of hydrogen-bond donors (Lipinski definition) is 1. The fraction of sp³-hybridized carbons (Fsp3) is 0.444. The van der Waals surface area contributed by atoms with E-state index < -0.39 is 0 Å². The third kappa shape index (κ3) is 6.95. The van der Waals surface area contributed by atoms with Gasteiger partial charge < -0.3 is 24.4 Å². The Kier molecular flexibility index (Phi) is 9.13. The molecular formula is C27H34N4O4S. The topological polar surface area (TPSA) is 85.8 Å². The number of benzene rings is 2. The Labute approximate surface area is 216 Å². The molecule has 1 aromatic heterocycles. The van der Waals surface area contributed by atoms with Gasteiger partial charge in [-0.25, -0.2) is 0 Å². The third-order valence-electron chi connectivity index (χ3n) is 6.42.